The van der Waals surface area contributed by atoms with Crippen molar-refractivity contribution >= 4 is 5.91 Å². The molecular formula is C14H26N2O. The Morgan fingerprint density at radius 3 is 2.35 bits per heavy atom. The summed E-state index contributed by atoms with van der Waals surface area (Å²) in [6.45, 7) is 3.61. The summed E-state index contributed by atoms with van der Waals surface area (Å²) in [7, 11) is 0. The summed E-state index contributed by atoms with van der Waals surface area (Å²) in [5, 5.41) is 3.18. The zero-order valence-electron chi connectivity index (χ0n) is 11.1. The number of hydrogen-bond acceptors (Lipinski definition) is 2. The van der Waals surface area contributed by atoms with Gasteiger partial charge >= 0.3 is 0 Å². The maximum absolute atomic E-state index is 12.3. The van der Waals surface area contributed by atoms with Crippen molar-refractivity contribution in [1.82, 2.24) is 5.32 Å². The molecule has 0 aromatic rings. The lowest BCUT2D eigenvalue weighted by molar-refractivity contribution is -0.130. The average molecular weight is 238 g/mol. The lowest BCUT2D eigenvalue weighted by atomic mass is 9.85. The van der Waals surface area contributed by atoms with Crippen LogP contribution in [0.4, 0.5) is 0 Å². The van der Waals surface area contributed by atoms with Gasteiger partial charge in [0.15, 0.2) is 0 Å². The van der Waals surface area contributed by atoms with Crippen LogP contribution in [-0.4, -0.2) is 19.0 Å². The number of carbonyl (C=O) groups is 1. The summed E-state index contributed by atoms with van der Waals surface area (Å²) >= 11 is 0. The standard InChI is InChI=1S/C14H26N2O/c1-2-5-13(8-9-13)11-16-12(17)14(10-15)6-3-4-7-14/h2-11,15H2,1H3,(H,16,17). The Morgan fingerprint density at radius 1 is 1.24 bits per heavy atom. The minimum atomic E-state index is -0.234. The van der Waals surface area contributed by atoms with Crippen molar-refractivity contribution in [1.29, 1.82) is 0 Å². The number of hydrogen-bond donors (Lipinski definition) is 2. The van der Waals surface area contributed by atoms with Gasteiger partial charge in [-0.15, -0.1) is 0 Å². The van der Waals surface area contributed by atoms with E-state index in [2.05, 4.69) is 12.2 Å². The Morgan fingerprint density at radius 2 is 1.88 bits per heavy atom. The smallest absolute Gasteiger partial charge is 0.227 e. The second kappa shape index (κ2) is 4.97. The molecule has 0 aromatic heterocycles. The fraction of sp³-hybridized carbons (Fsp3) is 0.929. The highest BCUT2D eigenvalue weighted by Crippen LogP contribution is 2.49. The maximum atomic E-state index is 12.3. The molecule has 2 saturated carbocycles. The quantitative estimate of drug-likeness (QED) is 0.745. The molecule has 2 fully saturated rings. The van der Waals surface area contributed by atoms with E-state index in [1.165, 1.54) is 25.7 Å². The van der Waals surface area contributed by atoms with Gasteiger partial charge in [-0.3, -0.25) is 4.79 Å². The van der Waals surface area contributed by atoms with Crippen LogP contribution in [0.15, 0.2) is 0 Å². The monoisotopic (exact) mass is 238 g/mol. The van der Waals surface area contributed by atoms with E-state index in [0.29, 0.717) is 12.0 Å². The van der Waals surface area contributed by atoms with Gasteiger partial charge in [0.1, 0.15) is 0 Å². The van der Waals surface area contributed by atoms with E-state index < -0.39 is 0 Å². The second-order valence-electron chi connectivity index (χ2n) is 6.12. The van der Waals surface area contributed by atoms with Crippen LogP contribution in [0.3, 0.4) is 0 Å². The molecule has 2 aliphatic rings. The molecule has 0 saturated heterocycles. The van der Waals surface area contributed by atoms with E-state index in [1.54, 1.807) is 0 Å². The third kappa shape index (κ3) is 2.65. The van der Waals surface area contributed by atoms with Crippen molar-refractivity contribution in [2.24, 2.45) is 16.6 Å². The lowest BCUT2D eigenvalue weighted by Gasteiger charge is -2.27. The van der Waals surface area contributed by atoms with Crippen molar-refractivity contribution in [3.05, 3.63) is 0 Å². The molecule has 0 unspecified atom stereocenters. The summed E-state index contributed by atoms with van der Waals surface area (Å²) in [6.07, 6.45) is 9.33. The largest absolute Gasteiger partial charge is 0.355 e. The first-order valence-electron chi connectivity index (χ1n) is 7.15. The number of amides is 1. The maximum Gasteiger partial charge on any atom is 0.227 e. The van der Waals surface area contributed by atoms with Gasteiger partial charge in [0.2, 0.25) is 5.91 Å². The highest BCUT2D eigenvalue weighted by atomic mass is 16.2. The molecule has 0 radical (unpaired) electrons. The van der Waals surface area contributed by atoms with Crippen molar-refractivity contribution in [2.75, 3.05) is 13.1 Å². The molecule has 0 heterocycles. The molecule has 0 aliphatic heterocycles. The van der Waals surface area contributed by atoms with E-state index in [4.69, 9.17) is 5.73 Å². The van der Waals surface area contributed by atoms with Crippen LogP contribution < -0.4 is 11.1 Å². The Kier molecular flexibility index (Phi) is 3.76. The zero-order valence-corrected chi connectivity index (χ0v) is 11.1. The first-order valence-corrected chi connectivity index (χ1v) is 7.15. The second-order valence-corrected chi connectivity index (χ2v) is 6.12. The molecule has 0 atom stereocenters. The highest BCUT2D eigenvalue weighted by molar-refractivity contribution is 5.83. The van der Waals surface area contributed by atoms with Gasteiger partial charge in [-0.1, -0.05) is 26.2 Å². The van der Waals surface area contributed by atoms with Crippen molar-refractivity contribution in [3.63, 3.8) is 0 Å². The molecule has 1 amide bonds. The van der Waals surface area contributed by atoms with Gasteiger partial charge < -0.3 is 11.1 Å². The lowest BCUT2D eigenvalue weighted by Crippen LogP contribution is -2.45. The third-order valence-electron chi connectivity index (χ3n) is 4.79. The van der Waals surface area contributed by atoms with Crippen molar-refractivity contribution in [2.45, 2.75) is 58.3 Å². The molecule has 2 rings (SSSR count). The van der Waals surface area contributed by atoms with Gasteiger partial charge in [-0.05, 0) is 37.5 Å². The van der Waals surface area contributed by atoms with Gasteiger partial charge in [-0.25, -0.2) is 0 Å². The molecule has 3 heteroatoms. The van der Waals surface area contributed by atoms with Crippen LogP contribution in [0.1, 0.15) is 58.3 Å². The number of nitrogens with two attached hydrogens (primary N) is 1. The van der Waals surface area contributed by atoms with Crippen molar-refractivity contribution < 1.29 is 4.79 Å². The summed E-state index contributed by atoms with van der Waals surface area (Å²) in [6, 6.07) is 0. The van der Waals surface area contributed by atoms with Crippen LogP contribution in [0, 0.1) is 10.8 Å². The SMILES string of the molecule is CCCC1(CNC(=O)C2(CN)CCCC2)CC1. The third-order valence-corrected chi connectivity index (χ3v) is 4.79. The molecule has 2 aliphatic carbocycles. The summed E-state index contributed by atoms with van der Waals surface area (Å²) in [4.78, 5) is 12.3. The number of carbonyl (C=O) groups excluding carboxylic acids is 1. The first kappa shape index (κ1) is 12.9. The minimum Gasteiger partial charge on any atom is -0.355 e. The molecule has 3 N–H and O–H groups in total. The Hall–Kier alpha value is -0.570. The van der Waals surface area contributed by atoms with E-state index in [9.17, 15) is 4.79 Å². The Bertz CT molecular complexity index is 278. The minimum absolute atomic E-state index is 0.222. The first-order chi connectivity index (χ1) is 8.16. The van der Waals surface area contributed by atoms with Crippen molar-refractivity contribution in [3.8, 4) is 0 Å². The number of nitrogens with one attached hydrogen (secondary N) is 1. The predicted octanol–water partition coefficient (Wildman–Crippen LogP) is 2.20. The van der Waals surface area contributed by atoms with E-state index in [-0.39, 0.29) is 11.3 Å². The predicted molar refractivity (Wildman–Crippen MR) is 69.5 cm³/mol. The van der Waals surface area contributed by atoms with Crippen LogP contribution in [0.5, 0.6) is 0 Å². The van der Waals surface area contributed by atoms with Gasteiger partial charge in [0.05, 0.1) is 5.41 Å². The van der Waals surface area contributed by atoms with Crippen LogP contribution >= 0.6 is 0 Å². The molecular weight excluding hydrogens is 212 g/mol. The van der Waals surface area contributed by atoms with Crippen LogP contribution in [0.2, 0.25) is 0 Å². The highest BCUT2D eigenvalue weighted by Gasteiger charge is 2.44. The topological polar surface area (TPSA) is 55.1 Å². The van der Waals surface area contributed by atoms with E-state index >= 15 is 0 Å². The summed E-state index contributed by atoms with van der Waals surface area (Å²) in [5.41, 5.74) is 6.03. The van der Waals surface area contributed by atoms with E-state index in [1.807, 2.05) is 0 Å². The molecule has 0 aromatic carbocycles. The molecule has 0 spiro atoms. The number of rotatable bonds is 6. The molecule has 17 heavy (non-hydrogen) atoms. The fourth-order valence-electron chi connectivity index (χ4n) is 3.25. The normalized spacial score (nSPS) is 24.6. The zero-order chi connectivity index (χ0) is 12.4. The molecule has 0 bridgehead atoms. The Labute approximate surface area is 105 Å². The van der Waals surface area contributed by atoms with Crippen LogP contribution in [0.25, 0.3) is 0 Å². The summed E-state index contributed by atoms with van der Waals surface area (Å²) < 4.78 is 0. The Balaban J connectivity index is 1.84. The van der Waals surface area contributed by atoms with Gasteiger partial charge in [0.25, 0.3) is 0 Å². The average Bonchev–Trinajstić information content (AvgIpc) is 2.93. The van der Waals surface area contributed by atoms with Crippen LogP contribution in [-0.2, 0) is 4.79 Å². The molecule has 98 valence electrons. The van der Waals surface area contributed by atoms with Gasteiger partial charge in [-0.2, -0.15) is 0 Å². The molecule has 3 nitrogen and oxygen atoms in total. The fourth-order valence-corrected chi connectivity index (χ4v) is 3.25. The van der Waals surface area contributed by atoms with E-state index in [0.717, 1.165) is 32.2 Å². The van der Waals surface area contributed by atoms with Gasteiger partial charge in [0, 0.05) is 13.1 Å². The summed E-state index contributed by atoms with van der Waals surface area (Å²) in [5.74, 6) is 0.222.